The van der Waals surface area contributed by atoms with Crippen LogP contribution in [0.1, 0.15) is 48.0 Å². The lowest BCUT2D eigenvalue weighted by atomic mass is 9.99. The molecule has 3 atom stereocenters. The predicted molar refractivity (Wildman–Crippen MR) is 162 cm³/mol. The van der Waals surface area contributed by atoms with Crippen LogP contribution in [-0.4, -0.2) is 29.5 Å². The summed E-state index contributed by atoms with van der Waals surface area (Å²) in [5.41, 5.74) is 5.77. The molecule has 1 fully saturated rings. The van der Waals surface area contributed by atoms with Crippen molar-refractivity contribution in [3.63, 3.8) is 0 Å². The molecule has 0 saturated carbocycles. The summed E-state index contributed by atoms with van der Waals surface area (Å²) in [6.07, 6.45) is 1.14. The van der Waals surface area contributed by atoms with E-state index in [0.717, 1.165) is 38.1 Å². The van der Waals surface area contributed by atoms with Crippen molar-refractivity contribution in [2.75, 3.05) is 12.3 Å². The van der Waals surface area contributed by atoms with E-state index in [0.29, 0.717) is 30.3 Å². The van der Waals surface area contributed by atoms with Crippen molar-refractivity contribution in [3.8, 4) is 11.1 Å². The number of carbonyl (C=O) groups excluding carboxylic acids is 1. The number of carbonyl (C=O) groups is 1. The van der Waals surface area contributed by atoms with Crippen LogP contribution in [0.2, 0.25) is 0 Å². The normalized spacial score (nSPS) is 18.4. The van der Waals surface area contributed by atoms with Crippen molar-refractivity contribution in [1.29, 1.82) is 0 Å². The maximum absolute atomic E-state index is 12.2. The highest BCUT2D eigenvalue weighted by molar-refractivity contribution is 7.99. The fraction of sp³-hybridized carbons (Fsp3) is 0.273. The van der Waals surface area contributed by atoms with Gasteiger partial charge in [0, 0.05) is 43.0 Å². The Morgan fingerprint density at radius 2 is 1.71 bits per heavy atom. The molecule has 218 valence electrons. The first-order valence-electron chi connectivity index (χ1n) is 14.0. The monoisotopic (exact) mass is 585 g/mol. The van der Waals surface area contributed by atoms with Crippen LogP contribution >= 0.6 is 11.8 Å². The van der Waals surface area contributed by atoms with Crippen LogP contribution < -0.4 is 15.4 Å². The maximum Gasteiger partial charge on any atom is 0.315 e. The van der Waals surface area contributed by atoms with E-state index in [9.17, 15) is 15.1 Å². The molecule has 0 unspecified atom stereocenters. The summed E-state index contributed by atoms with van der Waals surface area (Å²) in [5, 5.41) is 27.9. The molecule has 0 bridgehead atoms. The summed E-state index contributed by atoms with van der Waals surface area (Å²) in [4.78, 5) is 11.8. The van der Waals surface area contributed by atoms with E-state index in [2.05, 4.69) is 22.8 Å². The molecule has 9 heteroatoms. The minimum Gasteiger partial charge on any atom is -0.618 e. The lowest BCUT2D eigenvalue weighted by Crippen LogP contribution is -2.34. The Kier molecular flexibility index (Phi) is 10.1. The van der Waals surface area contributed by atoms with Crippen molar-refractivity contribution < 1.29 is 24.1 Å². The van der Waals surface area contributed by atoms with E-state index in [1.54, 1.807) is 6.07 Å². The summed E-state index contributed by atoms with van der Waals surface area (Å²) >= 11 is 1.47. The Bertz CT molecular complexity index is 1480. The average Bonchev–Trinajstić information content (AvgIpc) is 3.04. The molecule has 5 rings (SSSR count). The number of nitrogens with one attached hydrogen (secondary N) is 2. The number of nitrogens with zero attached hydrogens (tertiary/aromatic N) is 1. The summed E-state index contributed by atoms with van der Waals surface area (Å²) in [6, 6.07) is 29.2. The highest BCUT2D eigenvalue weighted by Gasteiger charge is 2.33. The molecule has 42 heavy (non-hydrogen) atoms. The molecule has 1 aliphatic rings. The largest absolute Gasteiger partial charge is 0.618 e. The van der Waals surface area contributed by atoms with Crippen LogP contribution in [0.4, 0.5) is 4.79 Å². The van der Waals surface area contributed by atoms with E-state index in [4.69, 9.17) is 9.47 Å². The first kappa shape index (κ1) is 29.6. The van der Waals surface area contributed by atoms with Gasteiger partial charge in [-0.05, 0) is 52.9 Å². The lowest BCUT2D eigenvalue weighted by Gasteiger charge is -2.36. The number of rotatable bonds is 10. The van der Waals surface area contributed by atoms with Gasteiger partial charge in [0.15, 0.2) is 12.5 Å². The zero-order valence-corrected chi connectivity index (χ0v) is 24.3. The van der Waals surface area contributed by atoms with Gasteiger partial charge in [-0.2, -0.15) is 4.73 Å². The fourth-order valence-corrected chi connectivity index (χ4v) is 5.79. The van der Waals surface area contributed by atoms with Crippen molar-refractivity contribution in [3.05, 3.63) is 125 Å². The van der Waals surface area contributed by atoms with Crippen molar-refractivity contribution >= 4 is 17.8 Å². The minimum atomic E-state index is -0.607. The zero-order chi connectivity index (χ0) is 29.3. The second-order valence-corrected chi connectivity index (χ2v) is 11.1. The summed E-state index contributed by atoms with van der Waals surface area (Å²) in [7, 11) is 0. The third-order valence-electron chi connectivity index (χ3n) is 7.03. The van der Waals surface area contributed by atoms with Crippen LogP contribution in [-0.2, 0) is 22.6 Å². The third-order valence-corrected chi connectivity index (χ3v) is 8.18. The van der Waals surface area contributed by atoms with Gasteiger partial charge < -0.3 is 30.4 Å². The number of thioether (sulfide) groups is 1. The number of ether oxygens (including phenoxy) is 2. The van der Waals surface area contributed by atoms with Crippen molar-refractivity contribution in [2.45, 2.75) is 50.0 Å². The number of amides is 2. The van der Waals surface area contributed by atoms with Gasteiger partial charge in [-0.3, -0.25) is 0 Å². The van der Waals surface area contributed by atoms with Gasteiger partial charge in [-0.1, -0.05) is 72.4 Å². The topological polar surface area (TPSA) is 107 Å². The van der Waals surface area contributed by atoms with E-state index in [-0.39, 0.29) is 24.8 Å². The second kappa shape index (κ2) is 14.3. The molecular formula is C33H35N3O5S. The molecule has 3 N–H and O–H groups in total. The van der Waals surface area contributed by atoms with Gasteiger partial charge in [0.05, 0.1) is 18.8 Å². The quantitative estimate of drug-likeness (QED) is 0.126. The van der Waals surface area contributed by atoms with E-state index >= 15 is 0 Å². The first-order valence-corrected chi connectivity index (χ1v) is 15.0. The molecule has 1 saturated heterocycles. The Hall–Kier alpha value is -3.89. The van der Waals surface area contributed by atoms with Gasteiger partial charge in [0.2, 0.25) is 0 Å². The molecule has 4 aromatic rings. The van der Waals surface area contributed by atoms with Crippen molar-refractivity contribution in [1.82, 2.24) is 10.6 Å². The SMILES string of the molecule is CCNC(=O)NCc1cccc(-c2cccc([C@H]3O[C@@H](CSc4cccc[n+]4[O-])C[C@@H](c4ccc(CO)cc4)O3)c2)c1. The molecule has 8 nitrogen and oxygen atoms in total. The molecule has 0 aliphatic carbocycles. The standard InChI is InChI=1S/C33H35N3O5S/c1-2-34-33(38)35-20-24-7-5-8-26(17-24)27-9-6-10-28(18-27)32-40-29(22-42-31-11-3-4-16-36(31)39)19-30(41-32)25-14-12-23(21-37)13-15-25/h3-18,29-30,32,37H,2,19-22H2,1H3,(H2,34,35,38)/t29-,30+,32+/m1/s1. The molecule has 0 spiro atoms. The number of aromatic nitrogens is 1. The molecule has 2 heterocycles. The Balaban J connectivity index is 1.36. The van der Waals surface area contributed by atoms with Crippen LogP contribution in [0.15, 0.2) is 102 Å². The third kappa shape index (κ3) is 7.68. The van der Waals surface area contributed by atoms with E-state index in [1.165, 1.54) is 18.0 Å². The molecule has 0 radical (unpaired) electrons. The van der Waals surface area contributed by atoms with Gasteiger partial charge in [-0.25, -0.2) is 4.79 Å². The summed E-state index contributed by atoms with van der Waals surface area (Å²) in [6.45, 7) is 2.87. The predicted octanol–water partition coefficient (Wildman–Crippen LogP) is 5.64. The summed E-state index contributed by atoms with van der Waals surface area (Å²) in [5.74, 6) is 0.595. The number of benzene rings is 3. The number of hydrogen-bond acceptors (Lipinski definition) is 6. The lowest BCUT2D eigenvalue weighted by molar-refractivity contribution is -0.645. The number of pyridine rings is 1. The van der Waals surface area contributed by atoms with Crippen LogP contribution in [0.3, 0.4) is 0 Å². The van der Waals surface area contributed by atoms with E-state index < -0.39 is 6.29 Å². The van der Waals surface area contributed by atoms with Gasteiger partial charge >= 0.3 is 6.03 Å². The number of urea groups is 1. The van der Waals surface area contributed by atoms with Crippen LogP contribution in [0.5, 0.6) is 0 Å². The fourth-order valence-electron chi connectivity index (χ4n) is 4.86. The molecule has 3 aromatic carbocycles. The Morgan fingerprint density at radius 1 is 0.929 bits per heavy atom. The number of aliphatic hydroxyl groups excluding tert-OH is 1. The van der Waals surface area contributed by atoms with Crippen LogP contribution in [0, 0.1) is 5.21 Å². The average molecular weight is 586 g/mol. The Morgan fingerprint density at radius 3 is 2.48 bits per heavy atom. The number of hydrogen-bond donors (Lipinski definition) is 3. The van der Waals surface area contributed by atoms with Gasteiger partial charge in [-0.15, -0.1) is 0 Å². The Labute approximate surface area is 250 Å². The second-order valence-electron chi connectivity index (χ2n) is 10.1. The van der Waals surface area contributed by atoms with Crippen LogP contribution in [0.25, 0.3) is 11.1 Å². The highest BCUT2D eigenvalue weighted by atomic mass is 32.2. The minimum absolute atomic E-state index is 0.0148. The zero-order valence-electron chi connectivity index (χ0n) is 23.4. The molecular weight excluding hydrogens is 550 g/mol. The van der Waals surface area contributed by atoms with E-state index in [1.807, 2.05) is 79.7 Å². The van der Waals surface area contributed by atoms with Gasteiger partial charge in [0.1, 0.15) is 0 Å². The maximum atomic E-state index is 12.2. The smallest absolute Gasteiger partial charge is 0.315 e. The first-order chi connectivity index (χ1) is 20.5. The van der Waals surface area contributed by atoms with Gasteiger partial charge in [0.25, 0.3) is 5.03 Å². The summed E-state index contributed by atoms with van der Waals surface area (Å²) < 4.78 is 13.9. The highest BCUT2D eigenvalue weighted by Crippen LogP contribution is 2.40. The number of aliphatic hydroxyl groups is 1. The molecule has 2 amide bonds. The molecule has 1 aliphatic heterocycles. The molecule has 1 aromatic heterocycles. The van der Waals surface area contributed by atoms with Crippen molar-refractivity contribution in [2.24, 2.45) is 0 Å².